The Morgan fingerprint density at radius 2 is 1.71 bits per heavy atom. The van der Waals surface area contributed by atoms with Gasteiger partial charge in [0.05, 0.1) is 0 Å². The molecule has 0 saturated carbocycles. The number of pyridine rings is 1. The van der Waals surface area contributed by atoms with E-state index < -0.39 is 0 Å². The second kappa shape index (κ2) is 11.3. The molecule has 0 spiro atoms. The molecule has 1 amide bonds. The Balaban J connectivity index is 1.29. The summed E-state index contributed by atoms with van der Waals surface area (Å²) < 4.78 is 0. The standard InChI is InChI=1S/C26H25N11O/c1-2-21-32-25(33-22-16-18(8-9-29-22)24(38)31-19-6-4-3-5-7-19)35-26(34-21)37-14-12-36(13-15-37)23-20(17-27)28-10-11-30-23/h3-11,16H,2,12-15H2,1H3,(H,31,38)(H,29,32,33,34,35). The molecule has 1 aromatic carbocycles. The number of nitriles is 1. The molecule has 12 heteroatoms. The highest BCUT2D eigenvalue weighted by Gasteiger charge is 2.23. The van der Waals surface area contributed by atoms with Crippen LogP contribution in [0.15, 0.2) is 61.1 Å². The van der Waals surface area contributed by atoms with E-state index in [1.165, 1.54) is 6.20 Å². The molecule has 1 fully saturated rings. The first kappa shape index (κ1) is 24.5. The second-order valence-electron chi connectivity index (χ2n) is 8.42. The van der Waals surface area contributed by atoms with Crippen molar-refractivity contribution in [1.82, 2.24) is 29.9 Å². The van der Waals surface area contributed by atoms with Crippen molar-refractivity contribution in [2.75, 3.05) is 46.6 Å². The fraction of sp³-hybridized carbons (Fsp3) is 0.231. The summed E-state index contributed by atoms with van der Waals surface area (Å²) in [5, 5.41) is 15.3. The number of aryl methyl sites for hydroxylation is 1. The van der Waals surface area contributed by atoms with Gasteiger partial charge in [-0.3, -0.25) is 4.79 Å². The number of nitrogens with zero attached hydrogens (tertiary/aromatic N) is 9. The number of hydrogen-bond donors (Lipinski definition) is 2. The molecule has 190 valence electrons. The first-order valence-electron chi connectivity index (χ1n) is 12.2. The van der Waals surface area contributed by atoms with Crippen LogP contribution in [0.3, 0.4) is 0 Å². The third-order valence-corrected chi connectivity index (χ3v) is 5.93. The van der Waals surface area contributed by atoms with Crippen molar-refractivity contribution in [3.8, 4) is 6.07 Å². The Bertz CT molecular complexity index is 1460. The Labute approximate surface area is 219 Å². The van der Waals surface area contributed by atoms with Gasteiger partial charge in [0.2, 0.25) is 11.9 Å². The van der Waals surface area contributed by atoms with Gasteiger partial charge in [-0.15, -0.1) is 0 Å². The first-order chi connectivity index (χ1) is 18.6. The minimum Gasteiger partial charge on any atom is -0.351 e. The van der Waals surface area contributed by atoms with Crippen LogP contribution in [-0.4, -0.2) is 62.0 Å². The molecule has 1 aliphatic heterocycles. The second-order valence-corrected chi connectivity index (χ2v) is 8.42. The number of hydrogen-bond acceptors (Lipinski definition) is 11. The molecule has 0 atom stereocenters. The summed E-state index contributed by atoms with van der Waals surface area (Å²) in [6.07, 6.45) is 5.30. The van der Waals surface area contributed by atoms with E-state index in [1.807, 2.05) is 42.2 Å². The highest BCUT2D eigenvalue weighted by Crippen LogP contribution is 2.21. The van der Waals surface area contributed by atoms with E-state index >= 15 is 0 Å². The van der Waals surface area contributed by atoms with Crippen LogP contribution in [0.4, 0.5) is 29.2 Å². The van der Waals surface area contributed by atoms with Crippen molar-refractivity contribution >= 4 is 35.1 Å². The van der Waals surface area contributed by atoms with E-state index in [4.69, 9.17) is 0 Å². The number of rotatable bonds is 7. The molecular formula is C26H25N11O. The molecule has 0 unspecified atom stereocenters. The zero-order chi connectivity index (χ0) is 26.3. The molecule has 0 bridgehead atoms. The maximum atomic E-state index is 12.7. The zero-order valence-electron chi connectivity index (χ0n) is 20.7. The van der Waals surface area contributed by atoms with Gasteiger partial charge >= 0.3 is 0 Å². The maximum Gasteiger partial charge on any atom is 0.255 e. The van der Waals surface area contributed by atoms with Gasteiger partial charge < -0.3 is 20.4 Å². The minimum atomic E-state index is -0.243. The third-order valence-electron chi connectivity index (χ3n) is 5.93. The lowest BCUT2D eigenvalue weighted by molar-refractivity contribution is 0.102. The van der Waals surface area contributed by atoms with E-state index in [-0.39, 0.29) is 5.91 Å². The summed E-state index contributed by atoms with van der Waals surface area (Å²) in [6.45, 7) is 4.54. The SMILES string of the molecule is CCc1nc(Nc2cc(C(=O)Nc3ccccc3)ccn2)nc(N2CCN(c3nccnc3C#N)CC2)n1. The van der Waals surface area contributed by atoms with E-state index in [1.54, 1.807) is 24.5 Å². The number of para-hydroxylation sites is 1. The number of amides is 1. The highest BCUT2D eigenvalue weighted by molar-refractivity contribution is 6.04. The quantitative estimate of drug-likeness (QED) is 0.380. The van der Waals surface area contributed by atoms with Gasteiger partial charge in [0.25, 0.3) is 5.91 Å². The van der Waals surface area contributed by atoms with Crippen molar-refractivity contribution in [2.24, 2.45) is 0 Å². The number of aromatic nitrogens is 6. The Morgan fingerprint density at radius 1 is 0.947 bits per heavy atom. The van der Waals surface area contributed by atoms with Crippen molar-refractivity contribution < 1.29 is 4.79 Å². The summed E-state index contributed by atoms with van der Waals surface area (Å²) in [4.78, 5) is 43.3. The number of carbonyl (C=O) groups excluding carboxylic acids is 1. The maximum absolute atomic E-state index is 12.7. The van der Waals surface area contributed by atoms with Gasteiger partial charge in [0.15, 0.2) is 11.5 Å². The molecule has 5 rings (SSSR count). The monoisotopic (exact) mass is 507 g/mol. The number of anilines is 5. The molecule has 12 nitrogen and oxygen atoms in total. The lowest BCUT2D eigenvalue weighted by atomic mass is 10.2. The van der Waals surface area contributed by atoms with Crippen molar-refractivity contribution in [3.63, 3.8) is 0 Å². The van der Waals surface area contributed by atoms with Gasteiger partial charge in [0.1, 0.15) is 17.7 Å². The summed E-state index contributed by atoms with van der Waals surface area (Å²) in [5.74, 6) is 2.33. The Morgan fingerprint density at radius 3 is 2.47 bits per heavy atom. The van der Waals surface area contributed by atoms with Crippen LogP contribution in [0.5, 0.6) is 0 Å². The van der Waals surface area contributed by atoms with Gasteiger partial charge in [-0.2, -0.15) is 20.2 Å². The van der Waals surface area contributed by atoms with Crippen LogP contribution in [-0.2, 0) is 6.42 Å². The number of piperazine rings is 1. The average Bonchev–Trinajstić information content (AvgIpc) is 2.97. The van der Waals surface area contributed by atoms with Gasteiger partial charge in [-0.25, -0.2) is 15.0 Å². The minimum absolute atomic E-state index is 0.243. The summed E-state index contributed by atoms with van der Waals surface area (Å²) in [7, 11) is 0. The molecular weight excluding hydrogens is 482 g/mol. The van der Waals surface area contributed by atoms with Gasteiger partial charge in [-0.1, -0.05) is 25.1 Å². The zero-order valence-corrected chi connectivity index (χ0v) is 20.7. The number of benzene rings is 1. The van der Waals surface area contributed by atoms with Crippen LogP contribution in [0.2, 0.25) is 0 Å². The molecule has 4 heterocycles. The van der Waals surface area contributed by atoms with Crippen molar-refractivity contribution in [3.05, 3.63) is 78.1 Å². The molecule has 3 aromatic heterocycles. The first-order valence-corrected chi connectivity index (χ1v) is 12.2. The van der Waals surface area contributed by atoms with E-state index in [2.05, 4.69) is 51.5 Å². The molecule has 0 aliphatic carbocycles. The molecule has 2 N–H and O–H groups in total. The van der Waals surface area contributed by atoms with Gasteiger partial charge in [0, 0.05) is 62.4 Å². The highest BCUT2D eigenvalue weighted by atomic mass is 16.1. The predicted octanol–water partition coefficient (Wildman–Crippen LogP) is 2.81. The molecule has 1 saturated heterocycles. The van der Waals surface area contributed by atoms with Crippen LogP contribution < -0.4 is 20.4 Å². The lowest BCUT2D eigenvalue weighted by Crippen LogP contribution is -2.47. The topological polar surface area (TPSA) is 149 Å². The number of carbonyl (C=O) groups is 1. The van der Waals surface area contributed by atoms with Crippen LogP contribution in [0.25, 0.3) is 0 Å². The van der Waals surface area contributed by atoms with E-state index in [0.717, 1.165) is 0 Å². The predicted molar refractivity (Wildman–Crippen MR) is 142 cm³/mol. The van der Waals surface area contributed by atoms with Crippen LogP contribution in [0.1, 0.15) is 28.8 Å². The summed E-state index contributed by atoms with van der Waals surface area (Å²) >= 11 is 0. The normalized spacial score (nSPS) is 13.1. The summed E-state index contributed by atoms with van der Waals surface area (Å²) in [6, 6.07) is 14.7. The third kappa shape index (κ3) is 5.62. The average molecular weight is 508 g/mol. The molecule has 4 aromatic rings. The Hall–Kier alpha value is -5.18. The van der Waals surface area contributed by atoms with Crippen molar-refractivity contribution in [1.29, 1.82) is 5.26 Å². The Kier molecular flexibility index (Phi) is 7.26. The van der Waals surface area contributed by atoms with Gasteiger partial charge in [-0.05, 0) is 24.3 Å². The fourth-order valence-corrected chi connectivity index (χ4v) is 4.00. The molecule has 38 heavy (non-hydrogen) atoms. The van der Waals surface area contributed by atoms with E-state index in [9.17, 15) is 10.1 Å². The number of nitrogens with one attached hydrogen (secondary N) is 2. The molecule has 0 radical (unpaired) electrons. The largest absolute Gasteiger partial charge is 0.351 e. The van der Waals surface area contributed by atoms with Crippen molar-refractivity contribution in [2.45, 2.75) is 13.3 Å². The van der Waals surface area contributed by atoms with E-state index in [0.29, 0.717) is 78.9 Å². The van der Waals surface area contributed by atoms with Crippen LogP contribution in [0, 0.1) is 11.3 Å². The smallest absolute Gasteiger partial charge is 0.255 e. The van der Waals surface area contributed by atoms with Crippen LogP contribution >= 0.6 is 0 Å². The summed E-state index contributed by atoms with van der Waals surface area (Å²) in [5.41, 5.74) is 1.48. The molecule has 1 aliphatic rings. The fourth-order valence-electron chi connectivity index (χ4n) is 4.00. The lowest BCUT2D eigenvalue weighted by Gasteiger charge is -2.35.